The van der Waals surface area contributed by atoms with Gasteiger partial charge in [-0.3, -0.25) is 4.98 Å². The fourth-order valence-corrected chi connectivity index (χ4v) is 1.32. The average Bonchev–Trinajstić information content (AvgIpc) is 2.49. The van der Waals surface area contributed by atoms with E-state index in [0.29, 0.717) is 0 Å². The van der Waals surface area contributed by atoms with Crippen LogP contribution in [-0.2, 0) is 0 Å². The first-order valence-corrected chi connectivity index (χ1v) is 4.35. The summed E-state index contributed by atoms with van der Waals surface area (Å²) in [6.45, 7) is 4.17. The summed E-state index contributed by atoms with van der Waals surface area (Å²) < 4.78 is 0. The number of hydrogen-bond donors (Lipinski definition) is 1. The summed E-state index contributed by atoms with van der Waals surface area (Å²) in [4.78, 5) is 7.57. The lowest BCUT2D eigenvalue weighted by molar-refractivity contribution is 1.21. The zero-order valence-electron chi connectivity index (χ0n) is 7.83. The van der Waals surface area contributed by atoms with Gasteiger partial charge in [-0.1, -0.05) is 6.07 Å². The lowest BCUT2D eigenvalue weighted by Crippen LogP contribution is -1.81. The molecule has 0 aliphatic heterocycles. The van der Waals surface area contributed by atoms with Crippen molar-refractivity contribution in [1.29, 1.82) is 0 Å². The van der Waals surface area contributed by atoms with Crippen LogP contribution < -0.4 is 0 Å². The Hall–Kier alpha value is -1.57. The fraction of sp³-hybridized carbons (Fsp3) is 0.182. The molecule has 2 nitrogen and oxygen atoms in total. The number of aromatic nitrogens is 2. The SMILES string of the molecule is Cc1cc(-c2ccccn2)[nH]c1C. The molecule has 0 radical (unpaired) electrons. The minimum atomic E-state index is 0.999. The first-order chi connectivity index (χ1) is 6.27. The van der Waals surface area contributed by atoms with Gasteiger partial charge in [0.1, 0.15) is 0 Å². The van der Waals surface area contributed by atoms with E-state index in [1.165, 1.54) is 11.3 Å². The Morgan fingerprint density at radius 3 is 2.62 bits per heavy atom. The van der Waals surface area contributed by atoms with E-state index in [0.717, 1.165) is 11.4 Å². The molecule has 0 spiro atoms. The van der Waals surface area contributed by atoms with Crippen LogP contribution in [-0.4, -0.2) is 9.97 Å². The van der Waals surface area contributed by atoms with Gasteiger partial charge in [0.05, 0.1) is 11.4 Å². The maximum absolute atomic E-state index is 4.27. The predicted octanol–water partition coefficient (Wildman–Crippen LogP) is 2.69. The van der Waals surface area contributed by atoms with E-state index < -0.39 is 0 Å². The molecule has 1 N–H and O–H groups in total. The Morgan fingerprint density at radius 1 is 1.23 bits per heavy atom. The molecule has 66 valence electrons. The van der Waals surface area contributed by atoms with Gasteiger partial charge in [-0.05, 0) is 37.6 Å². The molecule has 2 heterocycles. The van der Waals surface area contributed by atoms with Crippen molar-refractivity contribution in [1.82, 2.24) is 9.97 Å². The first kappa shape index (κ1) is 8.05. The second-order valence-corrected chi connectivity index (χ2v) is 3.21. The van der Waals surface area contributed by atoms with Crippen molar-refractivity contribution < 1.29 is 0 Å². The van der Waals surface area contributed by atoms with E-state index in [-0.39, 0.29) is 0 Å². The molecule has 0 aliphatic rings. The van der Waals surface area contributed by atoms with Crippen LogP contribution in [0, 0.1) is 13.8 Å². The lowest BCUT2D eigenvalue weighted by atomic mass is 10.2. The summed E-state index contributed by atoms with van der Waals surface area (Å²) in [7, 11) is 0. The molecule has 2 aromatic heterocycles. The minimum Gasteiger partial charge on any atom is -0.357 e. The molecular formula is C11H12N2. The van der Waals surface area contributed by atoms with Crippen molar-refractivity contribution in [2.75, 3.05) is 0 Å². The number of pyridine rings is 1. The van der Waals surface area contributed by atoms with Crippen molar-refractivity contribution in [3.63, 3.8) is 0 Å². The molecule has 0 saturated carbocycles. The Kier molecular flexibility index (Phi) is 1.89. The molecule has 0 atom stereocenters. The fourth-order valence-electron chi connectivity index (χ4n) is 1.32. The first-order valence-electron chi connectivity index (χ1n) is 4.35. The zero-order valence-corrected chi connectivity index (χ0v) is 7.83. The second kappa shape index (κ2) is 3.05. The average molecular weight is 172 g/mol. The Labute approximate surface area is 77.6 Å². The van der Waals surface area contributed by atoms with Crippen molar-refractivity contribution >= 4 is 0 Å². The maximum Gasteiger partial charge on any atom is 0.0864 e. The third-order valence-corrected chi connectivity index (χ3v) is 2.22. The molecule has 0 aromatic carbocycles. The van der Waals surface area contributed by atoms with Crippen LogP contribution >= 0.6 is 0 Å². The third kappa shape index (κ3) is 1.47. The molecule has 2 rings (SSSR count). The van der Waals surface area contributed by atoms with Crippen LogP contribution in [0.4, 0.5) is 0 Å². The highest BCUT2D eigenvalue weighted by Gasteiger charge is 2.02. The van der Waals surface area contributed by atoms with Crippen molar-refractivity contribution in [2.24, 2.45) is 0 Å². The zero-order chi connectivity index (χ0) is 9.26. The second-order valence-electron chi connectivity index (χ2n) is 3.21. The Balaban J connectivity index is 2.48. The highest BCUT2D eigenvalue weighted by atomic mass is 14.8. The summed E-state index contributed by atoms with van der Waals surface area (Å²) in [5, 5.41) is 0. The standard InChI is InChI=1S/C11H12N2/c1-8-7-11(13-9(8)2)10-5-3-4-6-12-10/h3-7,13H,1-2H3. The third-order valence-electron chi connectivity index (χ3n) is 2.22. The molecule has 2 heteroatoms. The van der Waals surface area contributed by atoms with Crippen LogP contribution in [0.25, 0.3) is 11.4 Å². The molecule has 0 fully saturated rings. The molecule has 0 saturated heterocycles. The molecule has 0 amide bonds. The van der Waals surface area contributed by atoms with E-state index in [2.05, 4.69) is 29.9 Å². The van der Waals surface area contributed by atoms with E-state index in [1.807, 2.05) is 18.2 Å². The lowest BCUT2D eigenvalue weighted by Gasteiger charge is -1.94. The monoisotopic (exact) mass is 172 g/mol. The van der Waals surface area contributed by atoms with Crippen molar-refractivity contribution in [2.45, 2.75) is 13.8 Å². The van der Waals surface area contributed by atoms with Gasteiger partial charge in [-0.15, -0.1) is 0 Å². The predicted molar refractivity (Wildman–Crippen MR) is 53.5 cm³/mol. The number of nitrogens with one attached hydrogen (secondary N) is 1. The normalized spacial score (nSPS) is 10.3. The highest BCUT2D eigenvalue weighted by Crippen LogP contribution is 2.18. The van der Waals surface area contributed by atoms with E-state index in [9.17, 15) is 0 Å². The maximum atomic E-state index is 4.27. The summed E-state index contributed by atoms with van der Waals surface area (Å²) in [5.41, 5.74) is 4.58. The number of nitrogens with zero attached hydrogens (tertiary/aromatic N) is 1. The van der Waals surface area contributed by atoms with Crippen LogP contribution in [0.3, 0.4) is 0 Å². The molecule has 2 aromatic rings. The van der Waals surface area contributed by atoms with E-state index >= 15 is 0 Å². The number of H-pyrrole nitrogens is 1. The Morgan fingerprint density at radius 2 is 2.08 bits per heavy atom. The number of aromatic amines is 1. The summed E-state index contributed by atoms with van der Waals surface area (Å²) in [6, 6.07) is 8.04. The topological polar surface area (TPSA) is 28.7 Å². The molecule has 0 unspecified atom stereocenters. The number of hydrogen-bond acceptors (Lipinski definition) is 1. The van der Waals surface area contributed by atoms with Gasteiger partial charge >= 0.3 is 0 Å². The highest BCUT2D eigenvalue weighted by molar-refractivity contribution is 5.56. The molecule has 0 bridgehead atoms. The van der Waals surface area contributed by atoms with Gasteiger partial charge in [0, 0.05) is 11.9 Å². The molecule has 13 heavy (non-hydrogen) atoms. The van der Waals surface area contributed by atoms with Gasteiger partial charge in [0.25, 0.3) is 0 Å². The van der Waals surface area contributed by atoms with Crippen molar-refractivity contribution in [3.8, 4) is 11.4 Å². The van der Waals surface area contributed by atoms with Crippen LogP contribution in [0.5, 0.6) is 0 Å². The van der Waals surface area contributed by atoms with Crippen molar-refractivity contribution in [3.05, 3.63) is 41.7 Å². The van der Waals surface area contributed by atoms with Gasteiger partial charge in [0.15, 0.2) is 0 Å². The number of rotatable bonds is 1. The molecular weight excluding hydrogens is 160 g/mol. The van der Waals surface area contributed by atoms with Crippen LogP contribution in [0.1, 0.15) is 11.3 Å². The summed E-state index contributed by atoms with van der Waals surface area (Å²) >= 11 is 0. The molecule has 0 aliphatic carbocycles. The van der Waals surface area contributed by atoms with Gasteiger partial charge in [-0.2, -0.15) is 0 Å². The van der Waals surface area contributed by atoms with Crippen LogP contribution in [0.15, 0.2) is 30.5 Å². The Bertz CT molecular complexity index is 382. The van der Waals surface area contributed by atoms with E-state index in [1.54, 1.807) is 6.20 Å². The quantitative estimate of drug-likeness (QED) is 0.704. The van der Waals surface area contributed by atoms with E-state index in [4.69, 9.17) is 0 Å². The van der Waals surface area contributed by atoms with Gasteiger partial charge in [-0.25, -0.2) is 0 Å². The minimum absolute atomic E-state index is 0.999. The van der Waals surface area contributed by atoms with Crippen LogP contribution in [0.2, 0.25) is 0 Å². The van der Waals surface area contributed by atoms with Gasteiger partial charge in [0.2, 0.25) is 0 Å². The smallest absolute Gasteiger partial charge is 0.0864 e. The summed E-state index contributed by atoms with van der Waals surface area (Å²) in [6.07, 6.45) is 1.81. The largest absolute Gasteiger partial charge is 0.357 e. The number of aryl methyl sites for hydroxylation is 2. The van der Waals surface area contributed by atoms with Gasteiger partial charge < -0.3 is 4.98 Å². The summed E-state index contributed by atoms with van der Waals surface area (Å²) in [5.74, 6) is 0.